The zero-order valence-corrected chi connectivity index (χ0v) is 13.6. The lowest BCUT2D eigenvalue weighted by Crippen LogP contribution is -1.71. The van der Waals surface area contributed by atoms with Crippen molar-refractivity contribution in [2.24, 2.45) is 0 Å². The second-order valence-corrected chi connectivity index (χ2v) is 9.03. The van der Waals surface area contributed by atoms with Crippen LogP contribution in [0.25, 0.3) is 0 Å². The van der Waals surface area contributed by atoms with Crippen molar-refractivity contribution in [2.75, 3.05) is 0 Å². The Kier molecular flexibility index (Phi) is 4.33. The van der Waals surface area contributed by atoms with Crippen molar-refractivity contribution in [3.63, 3.8) is 0 Å². The molecule has 0 unspecified atom stereocenters. The van der Waals surface area contributed by atoms with Gasteiger partial charge in [-0.05, 0) is 42.6 Å². The van der Waals surface area contributed by atoms with Gasteiger partial charge in [-0.3, -0.25) is 0 Å². The van der Waals surface area contributed by atoms with E-state index in [0.717, 1.165) is 0 Å². The minimum Gasteiger partial charge on any atom is -0.137 e. The van der Waals surface area contributed by atoms with E-state index >= 15 is 0 Å². The molecule has 0 fully saturated rings. The molecule has 3 aromatic rings. The SMILES string of the molecule is Cc1ccc(Sc2ccc(Sc3cccs3)s2)cc1. The molecular weight excluding hydrogens is 308 g/mol. The quantitative estimate of drug-likeness (QED) is 0.544. The molecule has 3 rings (SSSR count). The molecule has 1 aromatic carbocycles. The van der Waals surface area contributed by atoms with Gasteiger partial charge in [-0.1, -0.05) is 47.3 Å². The summed E-state index contributed by atoms with van der Waals surface area (Å²) in [6.07, 6.45) is 0. The molecule has 0 aliphatic heterocycles. The minimum atomic E-state index is 1.31. The maximum Gasteiger partial charge on any atom is 0.0666 e. The van der Waals surface area contributed by atoms with Gasteiger partial charge in [0.25, 0.3) is 0 Å². The first-order valence-corrected chi connectivity index (χ1v) is 9.18. The van der Waals surface area contributed by atoms with Crippen molar-refractivity contribution in [3.05, 3.63) is 59.5 Å². The maximum atomic E-state index is 2.21. The molecule has 0 radical (unpaired) electrons. The Hall–Kier alpha value is -0.680. The molecule has 0 spiro atoms. The summed E-state index contributed by atoms with van der Waals surface area (Å²) in [6.45, 7) is 2.12. The first kappa shape index (κ1) is 13.3. The maximum absolute atomic E-state index is 2.21. The van der Waals surface area contributed by atoms with Gasteiger partial charge in [-0.15, -0.1) is 22.7 Å². The van der Waals surface area contributed by atoms with Gasteiger partial charge < -0.3 is 0 Å². The molecule has 0 atom stereocenters. The molecule has 4 heteroatoms. The van der Waals surface area contributed by atoms with Crippen LogP contribution in [0.1, 0.15) is 5.56 Å². The van der Waals surface area contributed by atoms with Gasteiger partial charge in [0, 0.05) is 4.90 Å². The van der Waals surface area contributed by atoms with E-state index in [-0.39, 0.29) is 0 Å². The lowest BCUT2D eigenvalue weighted by molar-refractivity contribution is 1.38. The predicted molar refractivity (Wildman–Crippen MR) is 88.1 cm³/mol. The van der Waals surface area contributed by atoms with Crippen LogP contribution < -0.4 is 0 Å². The number of thiophene rings is 2. The smallest absolute Gasteiger partial charge is 0.0666 e. The van der Waals surface area contributed by atoms with Crippen LogP contribution in [0.3, 0.4) is 0 Å². The van der Waals surface area contributed by atoms with Gasteiger partial charge in [0.15, 0.2) is 0 Å². The first-order valence-electron chi connectivity index (χ1n) is 5.85. The van der Waals surface area contributed by atoms with Gasteiger partial charge in [-0.25, -0.2) is 0 Å². The van der Waals surface area contributed by atoms with Crippen LogP contribution in [0.15, 0.2) is 71.4 Å². The summed E-state index contributed by atoms with van der Waals surface area (Å²) < 4.78 is 4.06. The Morgan fingerprint density at radius 2 is 1.53 bits per heavy atom. The van der Waals surface area contributed by atoms with Crippen molar-refractivity contribution in [3.8, 4) is 0 Å². The van der Waals surface area contributed by atoms with Crippen molar-refractivity contribution >= 4 is 46.2 Å². The molecule has 0 saturated carbocycles. The summed E-state index contributed by atoms with van der Waals surface area (Å²) in [5.74, 6) is 0. The Bertz CT molecular complexity index is 635. The largest absolute Gasteiger partial charge is 0.137 e. The van der Waals surface area contributed by atoms with Crippen LogP contribution in [0, 0.1) is 6.92 Å². The fourth-order valence-corrected chi connectivity index (χ4v) is 5.97. The fourth-order valence-electron chi connectivity index (χ4n) is 1.56. The minimum absolute atomic E-state index is 1.31. The monoisotopic (exact) mass is 320 g/mol. The molecule has 96 valence electrons. The van der Waals surface area contributed by atoms with E-state index < -0.39 is 0 Å². The molecule has 2 aromatic heterocycles. The van der Waals surface area contributed by atoms with E-state index in [0.29, 0.717) is 0 Å². The lowest BCUT2D eigenvalue weighted by Gasteiger charge is -1.98. The molecule has 0 aliphatic rings. The Balaban J connectivity index is 1.69. The molecule has 0 N–H and O–H groups in total. The van der Waals surface area contributed by atoms with E-state index in [2.05, 4.69) is 60.8 Å². The highest BCUT2D eigenvalue weighted by Gasteiger charge is 2.04. The molecule has 0 nitrogen and oxygen atoms in total. The third-order valence-electron chi connectivity index (χ3n) is 2.49. The average molecular weight is 321 g/mol. The van der Waals surface area contributed by atoms with Crippen LogP contribution in [-0.2, 0) is 0 Å². The third kappa shape index (κ3) is 3.66. The number of hydrogen-bond donors (Lipinski definition) is 0. The molecule has 0 amide bonds. The van der Waals surface area contributed by atoms with E-state index in [4.69, 9.17) is 0 Å². The van der Waals surface area contributed by atoms with E-state index in [1.807, 2.05) is 34.9 Å². The summed E-state index contributed by atoms with van der Waals surface area (Å²) in [6, 6.07) is 17.4. The van der Waals surface area contributed by atoms with Crippen LogP contribution >= 0.6 is 46.2 Å². The van der Waals surface area contributed by atoms with Gasteiger partial charge in [0.05, 0.1) is 12.6 Å². The van der Waals surface area contributed by atoms with Gasteiger partial charge in [-0.2, -0.15) is 0 Å². The van der Waals surface area contributed by atoms with E-state index in [1.54, 1.807) is 11.3 Å². The topological polar surface area (TPSA) is 0 Å². The Morgan fingerprint density at radius 1 is 0.789 bits per heavy atom. The fraction of sp³-hybridized carbons (Fsp3) is 0.0667. The normalized spacial score (nSPS) is 10.8. The Labute approximate surface area is 129 Å². The summed E-state index contributed by atoms with van der Waals surface area (Å²) >= 11 is 7.35. The van der Waals surface area contributed by atoms with Crippen LogP contribution in [0.2, 0.25) is 0 Å². The van der Waals surface area contributed by atoms with Crippen molar-refractivity contribution in [2.45, 2.75) is 24.4 Å². The molecular formula is C15H12S4. The van der Waals surface area contributed by atoms with E-state index in [1.165, 1.54) is 23.1 Å². The summed E-state index contributed by atoms with van der Waals surface area (Å²) in [5.41, 5.74) is 1.31. The summed E-state index contributed by atoms with van der Waals surface area (Å²) in [5, 5.41) is 2.12. The number of aryl methyl sites for hydroxylation is 1. The van der Waals surface area contributed by atoms with Gasteiger partial charge >= 0.3 is 0 Å². The number of benzene rings is 1. The summed E-state index contributed by atoms with van der Waals surface area (Å²) in [7, 11) is 0. The second kappa shape index (κ2) is 6.18. The highest BCUT2D eigenvalue weighted by molar-refractivity contribution is 8.04. The Morgan fingerprint density at radius 3 is 2.21 bits per heavy atom. The number of rotatable bonds is 4. The molecule has 0 bridgehead atoms. The molecule has 19 heavy (non-hydrogen) atoms. The van der Waals surface area contributed by atoms with Crippen LogP contribution in [0.5, 0.6) is 0 Å². The standard InChI is InChI=1S/C15H12S4/c1-11-4-6-12(7-5-11)17-14-8-9-15(19-14)18-13-3-2-10-16-13/h2-10H,1H3. The van der Waals surface area contributed by atoms with Gasteiger partial charge in [0.2, 0.25) is 0 Å². The highest BCUT2D eigenvalue weighted by Crippen LogP contribution is 2.40. The average Bonchev–Trinajstić information content (AvgIpc) is 3.05. The van der Waals surface area contributed by atoms with Crippen molar-refractivity contribution < 1.29 is 0 Å². The lowest BCUT2D eigenvalue weighted by atomic mass is 10.2. The van der Waals surface area contributed by atoms with Crippen LogP contribution in [-0.4, -0.2) is 0 Å². The van der Waals surface area contributed by atoms with Crippen molar-refractivity contribution in [1.82, 2.24) is 0 Å². The zero-order chi connectivity index (χ0) is 13.1. The molecule has 2 heterocycles. The van der Waals surface area contributed by atoms with Gasteiger partial charge in [0.1, 0.15) is 0 Å². The number of hydrogen-bond acceptors (Lipinski definition) is 4. The molecule has 0 saturated heterocycles. The molecule has 0 aliphatic carbocycles. The summed E-state index contributed by atoms with van der Waals surface area (Å²) in [4.78, 5) is 1.31. The van der Waals surface area contributed by atoms with Crippen LogP contribution in [0.4, 0.5) is 0 Å². The third-order valence-corrected chi connectivity index (χ3v) is 6.89. The second-order valence-electron chi connectivity index (χ2n) is 4.02. The first-order chi connectivity index (χ1) is 9.29. The van der Waals surface area contributed by atoms with Crippen molar-refractivity contribution in [1.29, 1.82) is 0 Å². The zero-order valence-electron chi connectivity index (χ0n) is 10.3. The van der Waals surface area contributed by atoms with E-state index in [9.17, 15) is 0 Å². The predicted octanol–water partition coefficient (Wildman–Crippen LogP) is 6.42. The highest BCUT2D eigenvalue weighted by atomic mass is 32.2.